The van der Waals surface area contributed by atoms with Crippen LogP contribution in [0.1, 0.15) is 10.4 Å². The highest BCUT2D eigenvalue weighted by atomic mass is 16.6. The fourth-order valence-corrected chi connectivity index (χ4v) is 1.69. The van der Waals surface area contributed by atoms with Gasteiger partial charge in [0.25, 0.3) is 5.69 Å². The number of nitro groups is 1. The molecule has 6 heteroatoms. The number of nitro benzene ring substituents is 1. The van der Waals surface area contributed by atoms with Crippen LogP contribution < -0.4 is 9.47 Å². The molecular weight excluding hydrogens is 286 g/mol. The summed E-state index contributed by atoms with van der Waals surface area (Å²) in [6.45, 7) is 3.71. The van der Waals surface area contributed by atoms with E-state index in [4.69, 9.17) is 9.47 Å². The van der Waals surface area contributed by atoms with Crippen LogP contribution in [0.2, 0.25) is 0 Å². The van der Waals surface area contributed by atoms with E-state index < -0.39 is 10.9 Å². The summed E-state index contributed by atoms with van der Waals surface area (Å²) in [5.41, 5.74) is 0.144. The molecule has 0 unspecified atom stereocenters. The summed E-state index contributed by atoms with van der Waals surface area (Å²) in [6.07, 6.45) is 1.52. The van der Waals surface area contributed by atoms with Gasteiger partial charge >= 0.3 is 5.97 Å². The zero-order chi connectivity index (χ0) is 15.9. The van der Waals surface area contributed by atoms with Crippen molar-refractivity contribution in [2.24, 2.45) is 0 Å². The monoisotopic (exact) mass is 299 g/mol. The summed E-state index contributed by atoms with van der Waals surface area (Å²) in [6, 6.07) is 12.1. The molecule has 0 bridgehead atoms. The molecule has 6 nitrogen and oxygen atoms in total. The predicted molar refractivity (Wildman–Crippen MR) is 80.2 cm³/mol. The normalized spacial score (nSPS) is 9.82. The topological polar surface area (TPSA) is 78.7 Å². The first-order valence-electron chi connectivity index (χ1n) is 6.41. The van der Waals surface area contributed by atoms with Crippen LogP contribution in [-0.4, -0.2) is 17.5 Å². The summed E-state index contributed by atoms with van der Waals surface area (Å²) < 4.78 is 10.6. The van der Waals surface area contributed by atoms with Crippen LogP contribution >= 0.6 is 0 Å². The standard InChI is InChI=1S/C16H13NO5/c1-2-10-21-14-9-8-13(17(19)20)11-15(14)22-16(18)12-6-4-3-5-7-12/h2-9,11H,1,10H2. The quantitative estimate of drug-likeness (QED) is 0.268. The van der Waals surface area contributed by atoms with Crippen LogP contribution in [0.5, 0.6) is 11.5 Å². The van der Waals surface area contributed by atoms with Crippen LogP contribution in [-0.2, 0) is 0 Å². The van der Waals surface area contributed by atoms with E-state index in [2.05, 4.69) is 6.58 Å². The Morgan fingerprint density at radius 3 is 2.55 bits per heavy atom. The van der Waals surface area contributed by atoms with Gasteiger partial charge in [-0.15, -0.1) is 0 Å². The van der Waals surface area contributed by atoms with Crippen LogP contribution in [0.25, 0.3) is 0 Å². The smallest absolute Gasteiger partial charge is 0.343 e. The molecular formula is C16H13NO5. The van der Waals surface area contributed by atoms with Crippen molar-refractivity contribution in [3.8, 4) is 11.5 Å². The Kier molecular flexibility index (Phi) is 4.87. The fraction of sp³-hybridized carbons (Fsp3) is 0.0625. The molecule has 0 atom stereocenters. The highest BCUT2D eigenvalue weighted by molar-refractivity contribution is 5.91. The van der Waals surface area contributed by atoms with Crippen LogP contribution in [0.4, 0.5) is 5.69 Å². The molecule has 2 rings (SSSR count). The summed E-state index contributed by atoms with van der Waals surface area (Å²) in [7, 11) is 0. The molecule has 0 N–H and O–H groups in total. The molecule has 0 radical (unpaired) electrons. The predicted octanol–water partition coefficient (Wildman–Crippen LogP) is 3.38. The lowest BCUT2D eigenvalue weighted by Crippen LogP contribution is -2.09. The highest BCUT2D eigenvalue weighted by Crippen LogP contribution is 2.32. The first kappa shape index (κ1) is 15.2. The van der Waals surface area contributed by atoms with Crippen molar-refractivity contribution < 1.29 is 19.2 Å². The largest absolute Gasteiger partial charge is 0.486 e. The van der Waals surface area contributed by atoms with Gasteiger partial charge in [-0.05, 0) is 18.2 Å². The fourth-order valence-electron chi connectivity index (χ4n) is 1.69. The van der Waals surface area contributed by atoms with Crippen LogP contribution in [0.15, 0.2) is 61.2 Å². The van der Waals surface area contributed by atoms with Gasteiger partial charge in [0.05, 0.1) is 16.6 Å². The van der Waals surface area contributed by atoms with E-state index in [1.165, 1.54) is 18.2 Å². The Bertz CT molecular complexity index is 697. The molecule has 22 heavy (non-hydrogen) atoms. The molecule has 2 aromatic rings. The lowest BCUT2D eigenvalue weighted by molar-refractivity contribution is -0.384. The van der Waals surface area contributed by atoms with E-state index in [0.29, 0.717) is 5.56 Å². The second-order valence-electron chi connectivity index (χ2n) is 4.24. The summed E-state index contributed by atoms with van der Waals surface area (Å²) in [5.74, 6) is -0.399. The molecule has 0 aliphatic rings. The number of esters is 1. The number of rotatable bonds is 6. The molecule has 0 aliphatic heterocycles. The third kappa shape index (κ3) is 3.69. The number of hydrogen-bond donors (Lipinski definition) is 0. The lowest BCUT2D eigenvalue weighted by atomic mass is 10.2. The van der Waals surface area contributed by atoms with E-state index in [9.17, 15) is 14.9 Å². The third-order valence-electron chi connectivity index (χ3n) is 2.71. The van der Waals surface area contributed by atoms with Crippen molar-refractivity contribution in [2.45, 2.75) is 0 Å². The number of benzene rings is 2. The zero-order valence-corrected chi connectivity index (χ0v) is 11.6. The van der Waals surface area contributed by atoms with Gasteiger partial charge in [-0.2, -0.15) is 0 Å². The van der Waals surface area contributed by atoms with Crippen LogP contribution in [0.3, 0.4) is 0 Å². The minimum atomic E-state index is -0.621. The minimum absolute atomic E-state index is 0.00935. The van der Waals surface area contributed by atoms with E-state index in [1.807, 2.05) is 0 Å². The van der Waals surface area contributed by atoms with Crippen molar-refractivity contribution in [3.05, 3.63) is 76.9 Å². The van der Waals surface area contributed by atoms with Gasteiger partial charge in [-0.1, -0.05) is 30.9 Å². The van der Waals surface area contributed by atoms with Gasteiger partial charge in [-0.3, -0.25) is 10.1 Å². The molecule has 0 aliphatic carbocycles. The number of carbonyl (C=O) groups is 1. The molecule has 0 aromatic heterocycles. The summed E-state index contributed by atoms with van der Waals surface area (Å²) >= 11 is 0. The van der Waals surface area contributed by atoms with E-state index in [-0.39, 0.29) is 23.8 Å². The molecule has 0 saturated carbocycles. The highest BCUT2D eigenvalue weighted by Gasteiger charge is 2.17. The number of hydrogen-bond acceptors (Lipinski definition) is 5. The van der Waals surface area contributed by atoms with Gasteiger partial charge in [0.1, 0.15) is 6.61 Å². The molecule has 0 amide bonds. The van der Waals surface area contributed by atoms with Gasteiger partial charge in [-0.25, -0.2) is 4.79 Å². The Balaban J connectivity index is 2.29. The Morgan fingerprint density at radius 1 is 1.18 bits per heavy atom. The van der Waals surface area contributed by atoms with E-state index in [0.717, 1.165) is 6.07 Å². The molecule has 0 spiro atoms. The average Bonchev–Trinajstić information content (AvgIpc) is 2.54. The SMILES string of the molecule is C=CCOc1ccc([N+](=O)[O-])cc1OC(=O)c1ccccc1. The molecule has 0 saturated heterocycles. The summed E-state index contributed by atoms with van der Waals surface area (Å²) in [4.78, 5) is 22.3. The van der Waals surface area contributed by atoms with Gasteiger partial charge in [0.2, 0.25) is 0 Å². The first-order chi connectivity index (χ1) is 10.6. The second kappa shape index (κ2) is 7.03. The maximum Gasteiger partial charge on any atom is 0.343 e. The van der Waals surface area contributed by atoms with Crippen LogP contribution in [0, 0.1) is 10.1 Å². The number of non-ortho nitro benzene ring substituents is 1. The van der Waals surface area contributed by atoms with Gasteiger partial charge in [0.15, 0.2) is 11.5 Å². The molecule has 112 valence electrons. The number of carbonyl (C=O) groups excluding carboxylic acids is 1. The molecule has 0 heterocycles. The molecule has 0 fully saturated rings. The number of nitrogens with zero attached hydrogens (tertiary/aromatic N) is 1. The molecule has 2 aromatic carbocycles. The maximum atomic E-state index is 12.1. The third-order valence-corrected chi connectivity index (χ3v) is 2.71. The van der Waals surface area contributed by atoms with E-state index in [1.54, 1.807) is 30.3 Å². The Morgan fingerprint density at radius 2 is 1.91 bits per heavy atom. The maximum absolute atomic E-state index is 12.1. The Hall–Kier alpha value is -3.15. The van der Waals surface area contributed by atoms with Crippen molar-refractivity contribution in [1.82, 2.24) is 0 Å². The van der Waals surface area contributed by atoms with Crippen molar-refractivity contribution in [2.75, 3.05) is 6.61 Å². The average molecular weight is 299 g/mol. The zero-order valence-electron chi connectivity index (χ0n) is 11.6. The summed E-state index contributed by atoms with van der Waals surface area (Å²) in [5, 5.41) is 10.8. The van der Waals surface area contributed by atoms with E-state index >= 15 is 0 Å². The number of ether oxygens (including phenoxy) is 2. The van der Waals surface area contributed by atoms with Gasteiger partial charge in [0, 0.05) is 6.07 Å². The lowest BCUT2D eigenvalue weighted by Gasteiger charge is -2.10. The van der Waals surface area contributed by atoms with Gasteiger partial charge < -0.3 is 9.47 Å². The van der Waals surface area contributed by atoms with Crippen molar-refractivity contribution in [3.63, 3.8) is 0 Å². The Labute approximate surface area is 126 Å². The second-order valence-corrected chi connectivity index (χ2v) is 4.24. The van der Waals surface area contributed by atoms with Crippen molar-refractivity contribution >= 4 is 11.7 Å². The minimum Gasteiger partial charge on any atom is -0.486 e. The van der Waals surface area contributed by atoms with Crippen molar-refractivity contribution in [1.29, 1.82) is 0 Å². The first-order valence-corrected chi connectivity index (χ1v) is 6.41.